The van der Waals surface area contributed by atoms with Crippen LogP contribution in [0.3, 0.4) is 0 Å². The molecule has 0 aromatic heterocycles. The van der Waals surface area contributed by atoms with Crippen LogP contribution in [0, 0.1) is 0 Å². The highest BCUT2D eigenvalue weighted by Gasteiger charge is 2.36. The Hall–Kier alpha value is -0.620. The predicted molar refractivity (Wildman–Crippen MR) is 81.4 cm³/mol. The maximum atomic E-state index is 12.5. The molecular weight excluding hydrogens is 296 g/mol. The Morgan fingerprint density at radius 1 is 1.40 bits per heavy atom. The van der Waals surface area contributed by atoms with Crippen molar-refractivity contribution in [3.8, 4) is 0 Å². The Morgan fingerprint density at radius 3 is 2.60 bits per heavy atom. The van der Waals surface area contributed by atoms with Gasteiger partial charge in [-0.2, -0.15) is 4.31 Å². The van der Waals surface area contributed by atoms with Crippen LogP contribution in [0.2, 0.25) is 5.02 Å². The summed E-state index contributed by atoms with van der Waals surface area (Å²) in [5.41, 5.74) is 0.922. The number of nitrogens with zero attached hydrogens (tertiary/aromatic N) is 1. The van der Waals surface area contributed by atoms with Crippen molar-refractivity contribution >= 4 is 21.6 Å². The quantitative estimate of drug-likeness (QED) is 0.877. The van der Waals surface area contributed by atoms with Crippen molar-refractivity contribution < 1.29 is 8.42 Å². The van der Waals surface area contributed by atoms with Gasteiger partial charge in [-0.1, -0.05) is 31.5 Å². The third-order valence-corrected chi connectivity index (χ3v) is 5.82. The Balaban J connectivity index is 2.27. The first-order valence-electron chi connectivity index (χ1n) is 6.82. The van der Waals surface area contributed by atoms with Crippen LogP contribution in [0.15, 0.2) is 23.1 Å². The molecule has 4 nitrogen and oxygen atoms in total. The lowest BCUT2D eigenvalue weighted by molar-refractivity contribution is 0.464. The first-order chi connectivity index (χ1) is 9.32. The van der Waals surface area contributed by atoms with Gasteiger partial charge in [0.2, 0.25) is 10.0 Å². The van der Waals surface area contributed by atoms with Crippen LogP contribution in [0.25, 0.3) is 0 Å². The molecule has 0 spiro atoms. The molecule has 1 saturated carbocycles. The monoisotopic (exact) mass is 316 g/mol. The van der Waals surface area contributed by atoms with E-state index in [4.69, 9.17) is 11.6 Å². The van der Waals surface area contributed by atoms with E-state index in [1.54, 1.807) is 19.2 Å². The second kappa shape index (κ2) is 6.02. The van der Waals surface area contributed by atoms with E-state index in [9.17, 15) is 8.42 Å². The van der Waals surface area contributed by atoms with Gasteiger partial charge in [0, 0.05) is 25.7 Å². The summed E-state index contributed by atoms with van der Waals surface area (Å²) >= 11 is 6.09. The van der Waals surface area contributed by atoms with Crippen LogP contribution in [0.4, 0.5) is 0 Å². The highest BCUT2D eigenvalue weighted by molar-refractivity contribution is 7.89. The molecule has 0 amide bonds. The second-order valence-corrected chi connectivity index (χ2v) is 7.93. The van der Waals surface area contributed by atoms with Crippen LogP contribution >= 0.6 is 11.6 Å². The Morgan fingerprint density at radius 2 is 2.05 bits per heavy atom. The van der Waals surface area contributed by atoms with E-state index in [0.717, 1.165) is 18.4 Å². The number of hydrogen-bond acceptors (Lipinski definition) is 3. The molecule has 0 unspecified atom stereocenters. The molecule has 1 aliphatic rings. The van der Waals surface area contributed by atoms with E-state index in [2.05, 4.69) is 19.2 Å². The van der Waals surface area contributed by atoms with Gasteiger partial charge in [-0.15, -0.1) is 0 Å². The van der Waals surface area contributed by atoms with Crippen LogP contribution < -0.4 is 5.32 Å². The molecule has 1 fully saturated rings. The first-order valence-corrected chi connectivity index (χ1v) is 8.64. The van der Waals surface area contributed by atoms with Gasteiger partial charge in [0.25, 0.3) is 0 Å². The fraction of sp³-hybridized carbons (Fsp3) is 0.571. The summed E-state index contributed by atoms with van der Waals surface area (Å²) in [5, 5.41) is 3.56. The molecule has 0 radical (unpaired) electrons. The lowest BCUT2D eigenvalue weighted by atomic mass is 10.2. The van der Waals surface area contributed by atoms with E-state index < -0.39 is 10.0 Å². The summed E-state index contributed by atoms with van der Waals surface area (Å²) in [7, 11) is -1.87. The first kappa shape index (κ1) is 15.8. The van der Waals surface area contributed by atoms with Crippen molar-refractivity contribution in [2.45, 2.75) is 50.2 Å². The molecule has 6 heteroatoms. The van der Waals surface area contributed by atoms with Crippen LogP contribution in [-0.2, 0) is 16.6 Å². The molecule has 20 heavy (non-hydrogen) atoms. The van der Waals surface area contributed by atoms with Gasteiger partial charge in [-0.25, -0.2) is 8.42 Å². The smallest absolute Gasteiger partial charge is 0.244 e. The Bertz CT molecular complexity index is 583. The number of sulfonamides is 1. The fourth-order valence-corrected chi connectivity index (χ4v) is 3.91. The zero-order valence-corrected chi connectivity index (χ0v) is 13.6. The van der Waals surface area contributed by atoms with Gasteiger partial charge in [0.1, 0.15) is 4.90 Å². The van der Waals surface area contributed by atoms with Crippen molar-refractivity contribution in [2.24, 2.45) is 0 Å². The third kappa shape index (κ3) is 3.52. The third-order valence-electron chi connectivity index (χ3n) is 3.43. The Labute approximate surface area is 126 Å². The SMILES string of the molecule is CC(C)NCc1ccc(Cl)c(S(=O)(=O)N(C)C2CC2)c1. The van der Waals surface area contributed by atoms with E-state index in [1.165, 1.54) is 4.31 Å². The summed E-state index contributed by atoms with van der Waals surface area (Å²) in [6.07, 6.45) is 1.86. The highest BCUT2D eigenvalue weighted by Crippen LogP contribution is 2.33. The molecular formula is C14H21ClN2O2S. The second-order valence-electron chi connectivity index (χ2n) is 5.55. The zero-order valence-electron chi connectivity index (χ0n) is 12.1. The minimum atomic E-state index is -3.49. The summed E-state index contributed by atoms with van der Waals surface area (Å²) < 4.78 is 26.5. The zero-order chi connectivity index (χ0) is 14.9. The van der Waals surface area contributed by atoms with Gasteiger partial charge in [0.15, 0.2) is 0 Å². The molecule has 1 aromatic carbocycles. The van der Waals surface area contributed by atoms with Crippen LogP contribution in [0.1, 0.15) is 32.3 Å². The van der Waals surface area contributed by atoms with Crippen LogP contribution in [0.5, 0.6) is 0 Å². The van der Waals surface area contributed by atoms with Gasteiger partial charge in [-0.3, -0.25) is 0 Å². The summed E-state index contributed by atoms with van der Waals surface area (Å²) in [4.78, 5) is 0.205. The van der Waals surface area contributed by atoms with Crippen molar-refractivity contribution in [1.82, 2.24) is 9.62 Å². The number of benzene rings is 1. The van der Waals surface area contributed by atoms with E-state index in [-0.39, 0.29) is 16.0 Å². The summed E-state index contributed by atoms with van der Waals surface area (Å²) in [6.45, 7) is 4.73. The van der Waals surface area contributed by atoms with Crippen LogP contribution in [-0.4, -0.2) is 31.9 Å². The van der Waals surface area contributed by atoms with Crippen molar-refractivity contribution in [3.63, 3.8) is 0 Å². The fourth-order valence-electron chi connectivity index (χ4n) is 1.97. The maximum absolute atomic E-state index is 12.5. The topological polar surface area (TPSA) is 49.4 Å². The predicted octanol–water partition coefficient (Wildman–Crippen LogP) is 2.62. The molecule has 1 aliphatic carbocycles. The molecule has 1 N–H and O–H groups in total. The number of halogens is 1. The minimum Gasteiger partial charge on any atom is -0.310 e. The average molecular weight is 317 g/mol. The molecule has 0 aliphatic heterocycles. The van der Waals surface area contributed by atoms with E-state index in [0.29, 0.717) is 12.6 Å². The van der Waals surface area contributed by atoms with E-state index in [1.807, 2.05) is 6.07 Å². The van der Waals surface area contributed by atoms with Gasteiger partial charge in [0.05, 0.1) is 5.02 Å². The Kier molecular flexibility index (Phi) is 4.74. The standard InChI is InChI=1S/C14H21ClN2O2S/c1-10(2)16-9-11-4-7-13(15)14(8-11)20(18,19)17(3)12-5-6-12/h4,7-8,10,12,16H,5-6,9H2,1-3H3. The normalized spacial score (nSPS) is 16.1. The average Bonchev–Trinajstić information content (AvgIpc) is 3.20. The molecule has 112 valence electrons. The highest BCUT2D eigenvalue weighted by atomic mass is 35.5. The molecule has 0 atom stereocenters. The molecule has 0 heterocycles. The lowest BCUT2D eigenvalue weighted by Crippen LogP contribution is -2.29. The summed E-state index contributed by atoms with van der Waals surface area (Å²) in [5.74, 6) is 0. The maximum Gasteiger partial charge on any atom is 0.244 e. The van der Waals surface area contributed by atoms with Crippen molar-refractivity contribution in [1.29, 1.82) is 0 Å². The van der Waals surface area contributed by atoms with Gasteiger partial charge in [-0.05, 0) is 30.5 Å². The van der Waals surface area contributed by atoms with Crippen molar-refractivity contribution in [2.75, 3.05) is 7.05 Å². The lowest BCUT2D eigenvalue weighted by Gasteiger charge is -2.18. The molecule has 0 bridgehead atoms. The number of rotatable bonds is 6. The number of nitrogens with one attached hydrogen (secondary N) is 1. The molecule has 0 saturated heterocycles. The van der Waals surface area contributed by atoms with Crippen molar-refractivity contribution in [3.05, 3.63) is 28.8 Å². The van der Waals surface area contributed by atoms with E-state index >= 15 is 0 Å². The minimum absolute atomic E-state index is 0.133. The molecule has 1 aromatic rings. The summed E-state index contributed by atoms with van der Waals surface area (Å²) in [6, 6.07) is 5.67. The number of hydrogen-bond donors (Lipinski definition) is 1. The van der Waals surface area contributed by atoms with Gasteiger partial charge < -0.3 is 5.32 Å². The molecule has 2 rings (SSSR count). The van der Waals surface area contributed by atoms with Gasteiger partial charge >= 0.3 is 0 Å². The largest absolute Gasteiger partial charge is 0.310 e.